The Morgan fingerprint density at radius 1 is 1.36 bits per heavy atom. The molecule has 2 saturated heterocycles. The zero-order valence-corrected chi connectivity index (χ0v) is 10.9. The van der Waals surface area contributed by atoms with Crippen LogP contribution in [0.3, 0.4) is 0 Å². The van der Waals surface area contributed by atoms with Gasteiger partial charge < -0.3 is 5.32 Å². The van der Waals surface area contributed by atoms with E-state index in [0.29, 0.717) is 0 Å². The van der Waals surface area contributed by atoms with Crippen molar-refractivity contribution in [1.29, 1.82) is 0 Å². The molecule has 0 amide bonds. The number of rotatable bonds is 1. The van der Waals surface area contributed by atoms with E-state index in [1.807, 2.05) is 0 Å². The molecular weight excluding hydrogens is 163 g/mol. The van der Waals surface area contributed by atoms with E-state index in [0.717, 1.165) is 31.1 Å². The van der Waals surface area contributed by atoms with Crippen LogP contribution < -0.4 is 51.4 Å². The van der Waals surface area contributed by atoms with E-state index < -0.39 is 0 Å². The van der Waals surface area contributed by atoms with Crippen LogP contribution in [0, 0.1) is 5.92 Å². The molecule has 2 aliphatic heterocycles. The molecule has 0 aromatic rings. The van der Waals surface area contributed by atoms with E-state index in [2.05, 4.69) is 24.1 Å². The average molecular weight is 178 g/mol. The molecule has 0 spiro atoms. The van der Waals surface area contributed by atoms with Crippen molar-refractivity contribution in [1.82, 2.24) is 4.90 Å². The molecule has 0 bridgehead atoms. The Kier molecular flexibility index (Phi) is 4.04. The molecule has 0 aromatic heterocycles. The van der Waals surface area contributed by atoms with Crippen molar-refractivity contribution in [2.45, 2.75) is 25.9 Å². The Balaban J connectivity index is 0.000000605. The van der Waals surface area contributed by atoms with Gasteiger partial charge in [0, 0.05) is 12.6 Å². The number of likely N-dealkylation sites (tertiary alicyclic amines) is 1. The normalized spacial score (nSPS) is 36.3. The monoisotopic (exact) mass is 178 g/mol. The van der Waals surface area contributed by atoms with Crippen molar-refractivity contribution in [3.8, 4) is 0 Å². The summed E-state index contributed by atoms with van der Waals surface area (Å²) >= 11 is 0. The molecule has 2 nitrogen and oxygen atoms in total. The van der Waals surface area contributed by atoms with Gasteiger partial charge in [-0.1, -0.05) is 0 Å². The van der Waals surface area contributed by atoms with Gasteiger partial charge >= 0.3 is 51.4 Å². The van der Waals surface area contributed by atoms with Gasteiger partial charge in [-0.15, -0.1) is 13.1 Å². The van der Waals surface area contributed by atoms with Crippen LogP contribution in [0.1, 0.15) is 13.8 Å². The third-order valence-corrected chi connectivity index (χ3v) is 2.76. The van der Waals surface area contributed by atoms with Crippen molar-refractivity contribution in [2.75, 3.05) is 19.6 Å². The van der Waals surface area contributed by atoms with Crippen molar-refractivity contribution in [3.63, 3.8) is 0 Å². The molecule has 11 heavy (non-hydrogen) atoms. The predicted octanol–water partition coefficient (Wildman–Crippen LogP) is -1.91. The van der Waals surface area contributed by atoms with Crippen LogP contribution in [0.5, 0.6) is 0 Å². The molecule has 0 aliphatic carbocycles. The zero-order valence-electron chi connectivity index (χ0n) is 7.75. The number of hydrogen-bond donors (Lipinski definition) is 0. The predicted molar refractivity (Wildman–Crippen MR) is 42.2 cm³/mol. The van der Waals surface area contributed by atoms with Gasteiger partial charge in [0.2, 0.25) is 0 Å². The molecule has 2 heterocycles. The van der Waals surface area contributed by atoms with Crippen LogP contribution >= 0.6 is 0 Å². The summed E-state index contributed by atoms with van der Waals surface area (Å²) in [5.74, 6) is 0.919. The zero-order chi connectivity index (χ0) is 7.14. The van der Waals surface area contributed by atoms with E-state index in [9.17, 15) is 0 Å². The Morgan fingerprint density at radius 3 is 2.64 bits per heavy atom. The average Bonchev–Trinajstić information content (AvgIpc) is 2.11. The number of fused-ring (bicyclic) bond motifs is 1. The SMILES string of the molecule is CC(C)N1CC2C[N-]CC21.[K+]. The van der Waals surface area contributed by atoms with Gasteiger partial charge in [-0.05, 0) is 25.8 Å². The fourth-order valence-corrected chi connectivity index (χ4v) is 2.06. The van der Waals surface area contributed by atoms with Gasteiger partial charge in [-0.3, -0.25) is 4.90 Å². The minimum absolute atomic E-state index is 0. The third kappa shape index (κ3) is 1.90. The molecule has 58 valence electrons. The van der Waals surface area contributed by atoms with Crippen molar-refractivity contribution < 1.29 is 51.4 Å². The van der Waals surface area contributed by atoms with Crippen LogP contribution in [-0.2, 0) is 0 Å². The number of nitrogens with zero attached hydrogens (tertiary/aromatic N) is 2. The first-order valence-corrected chi connectivity index (χ1v) is 4.18. The first-order valence-electron chi connectivity index (χ1n) is 4.18. The van der Waals surface area contributed by atoms with Crippen LogP contribution in [0.15, 0.2) is 0 Å². The second-order valence-electron chi connectivity index (χ2n) is 3.71. The van der Waals surface area contributed by atoms with Crippen LogP contribution in [0.4, 0.5) is 0 Å². The molecule has 2 rings (SSSR count). The van der Waals surface area contributed by atoms with E-state index in [1.54, 1.807) is 0 Å². The second kappa shape index (κ2) is 4.18. The summed E-state index contributed by atoms with van der Waals surface area (Å²) in [5, 5.41) is 4.40. The van der Waals surface area contributed by atoms with Gasteiger partial charge in [-0.2, -0.15) is 0 Å². The Bertz CT molecular complexity index is 138. The molecule has 2 aliphatic rings. The summed E-state index contributed by atoms with van der Waals surface area (Å²) in [7, 11) is 0. The molecule has 0 saturated carbocycles. The Labute approximate surface area is 112 Å². The van der Waals surface area contributed by atoms with Gasteiger partial charge in [0.25, 0.3) is 0 Å². The molecule has 0 N–H and O–H groups in total. The van der Waals surface area contributed by atoms with E-state index in [-0.39, 0.29) is 51.4 Å². The molecular formula is C8H15KN2. The minimum atomic E-state index is 0. The molecule has 3 heteroatoms. The first-order chi connectivity index (χ1) is 4.79. The Morgan fingerprint density at radius 2 is 2.09 bits per heavy atom. The van der Waals surface area contributed by atoms with Gasteiger partial charge in [0.05, 0.1) is 0 Å². The van der Waals surface area contributed by atoms with Crippen LogP contribution in [0.25, 0.3) is 5.32 Å². The maximum Gasteiger partial charge on any atom is 1.00 e. The number of hydrogen-bond acceptors (Lipinski definition) is 1. The minimum Gasteiger partial charge on any atom is -0.661 e. The standard InChI is InChI=1S/C8H15N2.K/c1-6(2)10-5-7-3-9-4-8(7)10;/h6-8H,3-5H2,1-2H3;/q-1;+1. The smallest absolute Gasteiger partial charge is 0.661 e. The summed E-state index contributed by atoms with van der Waals surface area (Å²) in [6.45, 7) is 8.08. The van der Waals surface area contributed by atoms with E-state index in [1.165, 1.54) is 6.54 Å². The molecule has 0 radical (unpaired) electrons. The topological polar surface area (TPSA) is 17.3 Å². The summed E-state index contributed by atoms with van der Waals surface area (Å²) in [5.41, 5.74) is 0. The fourth-order valence-electron chi connectivity index (χ4n) is 2.06. The molecule has 2 atom stereocenters. The van der Waals surface area contributed by atoms with Crippen molar-refractivity contribution >= 4 is 0 Å². The summed E-state index contributed by atoms with van der Waals surface area (Å²) in [6, 6.07) is 1.55. The molecule has 2 fully saturated rings. The van der Waals surface area contributed by atoms with Gasteiger partial charge in [-0.25, -0.2) is 0 Å². The van der Waals surface area contributed by atoms with Gasteiger partial charge in [0.15, 0.2) is 0 Å². The van der Waals surface area contributed by atoms with Crippen LogP contribution in [0.2, 0.25) is 0 Å². The van der Waals surface area contributed by atoms with Crippen molar-refractivity contribution in [3.05, 3.63) is 5.32 Å². The maximum absolute atomic E-state index is 4.40. The fraction of sp³-hybridized carbons (Fsp3) is 1.00. The molecule has 0 aromatic carbocycles. The molecule has 2 unspecified atom stereocenters. The summed E-state index contributed by atoms with van der Waals surface area (Å²) < 4.78 is 0. The first kappa shape index (κ1) is 10.6. The third-order valence-electron chi connectivity index (χ3n) is 2.76. The van der Waals surface area contributed by atoms with E-state index >= 15 is 0 Å². The summed E-state index contributed by atoms with van der Waals surface area (Å²) in [4.78, 5) is 2.56. The van der Waals surface area contributed by atoms with Crippen LogP contribution in [-0.4, -0.2) is 36.6 Å². The summed E-state index contributed by atoms with van der Waals surface area (Å²) in [6.07, 6.45) is 0. The largest absolute Gasteiger partial charge is 1.00 e. The van der Waals surface area contributed by atoms with E-state index in [4.69, 9.17) is 0 Å². The Hall–Kier alpha value is 1.56. The van der Waals surface area contributed by atoms with Gasteiger partial charge in [0.1, 0.15) is 0 Å². The van der Waals surface area contributed by atoms with Crippen molar-refractivity contribution in [2.24, 2.45) is 5.92 Å². The maximum atomic E-state index is 4.40. The quantitative estimate of drug-likeness (QED) is 0.428. The second-order valence-corrected chi connectivity index (χ2v) is 3.71.